The Kier molecular flexibility index (Phi) is 3.33. The first kappa shape index (κ1) is 10.6. The van der Waals surface area contributed by atoms with Crippen LogP contribution in [0.15, 0.2) is 6.33 Å². The van der Waals surface area contributed by atoms with Crippen LogP contribution in [0.3, 0.4) is 0 Å². The third kappa shape index (κ3) is 2.35. The smallest absolute Gasteiger partial charge is 0.146 e. The van der Waals surface area contributed by atoms with Crippen molar-refractivity contribution < 1.29 is 4.74 Å². The zero-order valence-corrected chi connectivity index (χ0v) is 9.31. The van der Waals surface area contributed by atoms with Crippen LogP contribution in [0.2, 0.25) is 0 Å². The van der Waals surface area contributed by atoms with Crippen molar-refractivity contribution in [3.63, 3.8) is 0 Å². The Balaban J connectivity index is 1.85. The van der Waals surface area contributed by atoms with Crippen LogP contribution in [0, 0.1) is 0 Å². The van der Waals surface area contributed by atoms with E-state index in [2.05, 4.69) is 15.5 Å². The van der Waals surface area contributed by atoms with Gasteiger partial charge in [0.15, 0.2) is 0 Å². The molecule has 0 aromatic carbocycles. The van der Waals surface area contributed by atoms with E-state index in [4.69, 9.17) is 4.74 Å². The van der Waals surface area contributed by atoms with Crippen LogP contribution >= 0.6 is 0 Å². The van der Waals surface area contributed by atoms with Crippen LogP contribution in [0.1, 0.15) is 25.1 Å². The van der Waals surface area contributed by atoms with Gasteiger partial charge in [0.1, 0.15) is 12.2 Å². The predicted molar refractivity (Wildman–Crippen MR) is 56.3 cm³/mol. The molecule has 1 aliphatic rings. The van der Waals surface area contributed by atoms with Crippen molar-refractivity contribution in [3.8, 4) is 0 Å². The molecule has 1 aromatic rings. The van der Waals surface area contributed by atoms with E-state index in [0.29, 0.717) is 12.1 Å². The number of nitrogens with zero attached hydrogens (tertiary/aromatic N) is 3. The molecule has 2 atom stereocenters. The maximum atomic E-state index is 5.42. The SMILES string of the molecule is COC1CCCC1NCc1nncn1C. The van der Waals surface area contributed by atoms with Gasteiger partial charge in [0, 0.05) is 20.2 Å². The van der Waals surface area contributed by atoms with E-state index in [1.54, 1.807) is 13.4 Å². The summed E-state index contributed by atoms with van der Waals surface area (Å²) >= 11 is 0. The highest BCUT2D eigenvalue weighted by Crippen LogP contribution is 2.21. The number of aromatic nitrogens is 3. The van der Waals surface area contributed by atoms with Crippen molar-refractivity contribution in [2.24, 2.45) is 7.05 Å². The maximum Gasteiger partial charge on any atom is 0.146 e. The van der Waals surface area contributed by atoms with E-state index in [0.717, 1.165) is 18.8 Å². The molecular weight excluding hydrogens is 192 g/mol. The lowest BCUT2D eigenvalue weighted by molar-refractivity contribution is 0.0844. The summed E-state index contributed by atoms with van der Waals surface area (Å²) < 4.78 is 7.35. The summed E-state index contributed by atoms with van der Waals surface area (Å²) in [5.74, 6) is 0.969. The topological polar surface area (TPSA) is 52.0 Å². The van der Waals surface area contributed by atoms with Crippen molar-refractivity contribution in [1.29, 1.82) is 0 Å². The lowest BCUT2D eigenvalue weighted by atomic mass is 10.2. The summed E-state index contributed by atoms with van der Waals surface area (Å²) in [6.45, 7) is 0.765. The molecule has 0 saturated heterocycles. The van der Waals surface area contributed by atoms with Gasteiger partial charge in [-0.2, -0.15) is 0 Å². The molecule has 84 valence electrons. The Hall–Kier alpha value is -0.940. The minimum Gasteiger partial charge on any atom is -0.380 e. The standard InChI is InChI=1S/C10H18N4O/c1-14-7-12-13-10(14)6-11-8-4-3-5-9(8)15-2/h7-9,11H,3-6H2,1-2H3. The van der Waals surface area contributed by atoms with E-state index in [9.17, 15) is 0 Å². The van der Waals surface area contributed by atoms with Gasteiger partial charge in [-0.15, -0.1) is 10.2 Å². The molecule has 1 heterocycles. The fraction of sp³-hybridized carbons (Fsp3) is 0.800. The zero-order chi connectivity index (χ0) is 10.7. The second kappa shape index (κ2) is 4.72. The Morgan fingerprint density at radius 3 is 3.13 bits per heavy atom. The number of ether oxygens (including phenoxy) is 1. The maximum absolute atomic E-state index is 5.42. The molecule has 2 unspecified atom stereocenters. The summed E-state index contributed by atoms with van der Waals surface area (Å²) in [4.78, 5) is 0. The molecule has 1 fully saturated rings. The Morgan fingerprint density at radius 1 is 1.60 bits per heavy atom. The van der Waals surface area contributed by atoms with Gasteiger partial charge < -0.3 is 14.6 Å². The van der Waals surface area contributed by atoms with Gasteiger partial charge in [-0.25, -0.2) is 0 Å². The van der Waals surface area contributed by atoms with Gasteiger partial charge in [-0.1, -0.05) is 0 Å². The van der Waals surface area contributed by atoms with Crippen molar-refractivity contribution in [1.82, 2.24) is 20.1 Å². The van der Waals surface area contributed by atoms with Crippen LogP contribution in [0.4, 0.5) is 0 Å². The van der Waals surface area contributed by atoms with Crippen molar-refractivity contribution in [3.05, 3.63) is 12.2 Å². The lowest BCUT2D eigenvalue weighted by Crippen LogP contribution is -2.36. The first-order valence-corrected chi connectivity index (χ1v) is 5.40. The van der Waals surface area contributed by atoms with E-state index >= 15 is 0 Å². The highest BCUT2D eigenvalue weighted by atomic mass is 16.5. The number of hydrogen-bond donors (Lipinski definition) is 1. The molecule has 5 nitrogen and oxygen atoms in total. The molecular formula is C10H18N4O. The fourth-order valence-corrected chi connectivity index (χ4v) is 2.13. The average Bonchev–Trinajstić information content (AvgIpc) is 2.83. The average molecular weight is 210 g/mol. The van der Waals surface area contributed by atoms with Crippen LogP contribution in [-0.4, -0.2) is 34.0 Å². The highest BCUT2D eigenvalue weighted by molar-refractivity contribution is 4.89. The van der Waals surface area contributed by atoms with E-state index in [1.165, 1.54) is 12.8 Å². The number of rotatable bonds is 4. The highest BCUT2D eigenvalue weighted by Gasteiger charge is 2.26. The molecule has 1 N–H and O–H groups in total. The van der Waals surface area contributed by atoms with Crippen LogP contribution in [0.25, 0.3) is 0 Å². The molecule has 0 aliphatic heterocycles. The quantitative estimate of drug-likeness (QED) is 0.785. The Bertz CT molecular complexity index is 312. The molecule has 1 aliphatic carbocycles. The summed E-state index contributed by atoms with van der Waals surface area (Å²) in [7, 11) is 3.74. The second-order valence-electron chi connectivity index (χ2n) is 4.05. The summed E-state index contributed by atoms with van der Waals surface area (Å²) in [6, 6.07) is 0.465. The van der Waals surface area contributed by atoms with Crippen LogP contribution in [-0.2, 0) is 18.3 Å². The number of nitrogens with one attached hydrogen (secondary N) is 1. The largest absolute Gasteiger partial charge is 0.380 e. The van der Waals surface area contributed by atoms with Crippen molar-refractivity contribution in [2.45, 2.75) is 38.0 Å². The predicted octanol–water partition coefficient (Wildman–Crippen LogP) is 0.472. The van der Waals surface area contributed by atoms with E-state index in [1.807, 2.05) is 11.6 Å². The number of methoxy groups -OCH3 is 1. The second-order valence-corrected chi connectivity index (χ2v) is 4.05. The van der Waals surface area contributed by atoms with Gasteiger partial charge in [0.2, 0.25) is 0 Å². The zero-order valence-electron chi connectivity index (χ0n) is 9.31. The van der Waals surface area contributed by atoms with Gasteiger partial charge in [0.25, 0.3) is 0 Å². The first-order valence-electron chi connectivity index (χ1n) is 5.40. The molecule has 5 heteroatoms. The van der Waals surface area contributed by atoms with Gasteiger partial charge >= 0.3 is 0 Å². The van der Waals surface area contributed by atoms with Crippen LogP contribution < -0.4 is 5.32 Å². The Labute approximate surface area is 89.8 Å². The van der Waals surface area contributed by atoms with Crippen LogP contribution in [0.5, 0.6) is 0 Å². The van der Waals surface area contributed by atoms with Gasteiger partial charge in [-0.05, 0) is 19.3 Å². The molecule has 0 amide bonds. The summed E-state index contributed by atoms with van der Waals surface area (Å²) in [5.41, 5.74) is 0. The summed E-state index contributed by atoms with van der Waals surface area (Å²) in [5, 5.41) is 11.4. The molecule has 1 saturated carbocycles. The number of aryl methyl sites for hydroxylation is 1. The van der Waals surface area contributed by atoms with Gasteiger partial charge in [-0.3, -0.25) is 0 Å². The lowest BCUT2D eigenvalue weighted by Gasteiger charge is -2.19. The molecule has 15 heavy (non-hydrogen) atoms. The molecule has 1 aromatic heterocycles. The first-order chi connectivity index (χ1) is 7.31. The molecule has 2 rings (SSSR count). The number of hydrogen-bond acceptors (Lipinski definition) is 4. The molecule has 0 bridgehead atoms. The minimum atomic E-state index is 0.359. The van der Waals surface area contributed by atoms with E-state index in [-0.39, 0.29) is 0 Å². The third-order valence-corrected chi connectivity index (χ3v) is 3.08. The van der Waals surface area contributed by atoms with E-state index < -0.39 is 0 Å². The Morgan fingerprint density at radius 2 is 2.47 bits per heavy atom. The molecule has 0 spiro atoms. The fourth-order valence-electron chi connectivity index (χ4n) is 2.13. The molecule has 0 radical (unpaired) electrons. The third-order valence-electron chi connectivity index (χ3n) is 3.08. The summed E-state index contributed by atoms with van der Waals surface area (Å²) in [6.07, 6.45) is 5.68. The monoisotopic (exact) mass is 210 g/mol. The van der Waals surface area contributed by atoms with Crippen molar-refractivity contribution in [2.75, 3.05) is 7.11 Å². The van der Waals surface area contributed by atoms with Gasteiger partial charge in [0.05, 0.1) is 12.6 Å². The van der Waals surface area contributed by atoms with Crippen molar-refractivity contribution >= 4 is 0 Å². The minimum absolute atomic E-state index is 0.359. The normalized spacial score (nSPS) is 26.0.